The first-order chi connectivity index (χ1) is 15.5. The molecule has 176 valence electrons. The quantitative estimate of drug-likeness (QED) is 0.716. The van der Waals surface area contributed by atoms with Crippen LogP contribution in [0.3, 0.4) is 0 Å². The Labute approximate surface area is 193 Å². The molecule has 1 aromatic rings. The lowest BCUT2D eigenvalue weighted by Crippen LogP contribution is -2.58. The first-order valence-electron chi connectivity index (χ1n) is 11.5. The van der Waals surface area contributed by atoms with Gasteiger partial charge in [0.15, 0.2) is 0 Å². The van der Waals surface area contributed by atoms with E-state index in [1.807, 2.05) is 4.90 Å². The molecule has 0 spiro atoms. The molecule has 4 rings (SSSR count). The molecular weight excluding hydrogens is 434 g/mol. The zero-order valence-corrected chi connectivity index (χ0v) is 19.0. The predicted molar refractivity (Wildman–Crippen MR) is 121 cm³/mol. The van der Waals surface area contributed by atoms with Gasteiger partial charge in [-0.2, -0.15) is 0 Å². The maximum Gasteiger partial charge on any atom is 0.322 e. The van der Waals surface area contributed by atoms with Gasteiger partial charge in [0.1, 0.15) is 6.10 Å². The number of fused-ring (bicyclic) bond motifs is 1. The number of halogens is 1. The van der Waals surface area contributed by atoms with E-state index in [-0.39, 0.29) is 49.9 Å². The third-order valence-corrected chi connectivity index (χ3v) is 6.70. The Bertz CT molecular complexity index is 786. The van der Waals surface area contributed by atoms with Crippen molar-refractivity contribution in [1.82, 2.24) is 9.80 Å². The van der Waals surface area contributed by atoms with Gasteiger partial charge in [0.05, 0.1) is 44.4 Å². The number of hydrogen-bond donors (Lipinski definition) is 2. The molecule has 0 aliphatic carbocycles. The smallest absolute Gasteiger partial charge is 0.322 e. The molecular formula is C23H32ClN3O5. The molecule has 3 amide bonds. The van der Waals surface area contributed by atoms with Crippen LogP contribution in [-0.2, 0) is 14.3 Å². The highest BCUT2D eigenvalue weighted by Crippen LogP contribution is 2.29. The van der Waals surface area contributed by atoms with Gasteiger partial charge < -0.3 is 29.7 Å². The van der Waals surface area contributed by atoms with Crippen molar-refractivity contribution in [2.45, 2.75) is 62.9 Å². The normalized spacial score (nSPS) is 28.9. The molecule has 9 heteroatoms. The highest BCUT2D eigenvalue weighted by Gasteiger charge is 2.40. The monoisotopic (exact) mass is 465 g/mol. The third kappa shape index (κ3) is 5.92. The van der Waals surface area contributed by atoms with Crippen LogP contribution in [0.4, 0.5) is 10.5 Å². The minimum absolute atomic E-state index is 0.134. The number of amides is 3. The van der Waals surface area contributed by atoms with Crippen LogP contribution >= 0.6 is 11.6 Å². The number of rotatable bonds is 3. The van der Waals surface area contributed by atoms with E-state index in [4.69, 9.17) is 21.1 Å². The van der Waals surface area contributed by atoms with E-state index >= 15 is 0 Å². The van der Waals surface area contributed by atoms with Crippen LogP contribution in [0.1, 0.15) is 38.5 Å². The fourth-order valence-corrected chi connectivity index (χ4v) is 4.90. The number of aliphatic hydroxyl groups is 1. The van der Waals surface area contributed by atoms with E-state index in [9.17, 15) is 14.7 Å². The number of piperidine rings is 1. The molecule has 32 heavy (non-hydrogen) atoms. The molecule has 3 aliphatic heterocycles. The molecule has 3 fully saturated rings. The summed E-state index contributed by atoms with van der Waals surface area (Å²) in [4.78, 5) is 29.4. The zero-order chi connectivity index (χ0) is 22.5. The fraction of sp³-hybridized carbons (Fsp3) is 0.652. The topological polar surface area (TPSA) is 91.3 Å². The average molecular weight is 466 g/mol. The minimum Gasteiger partial charge on any atom is -0.389 e. The van der Waals surface area contributed by atoms with Crippen LogP contribution in [-0.4, -0.2) is 84.0 Å². The number of nitrogens with one attached hydrogen (secondary N) is 1. The molecule has 8 nitrogen and oxygen atoms in total. The molecule has 0 saturated carbocycles. The van der Waals surface area contributed by atoms with E-state index in [1.54, 1.807) is 29.2 Å². The van der Waals surface area contributed by atoms with E-state index in [2.05, 4.69) is 5.32 Å². The number of hydrogen-bond acceptors (Lipinski definition) is 5. The van der Waals surface area contributed by atoms with Crippen LogP contribution in [0.5, 0.6) is 0 Å². The molecule has 0 bridgehead atoms. The summed E-state index contributed by atoms with van der Waals surface area (Å²) in [6.07, 6.45) is 3.75. The Kier molecular flexibility index (Phi) is 7.88. The number of anilines is 1. The predicted octanol–water partition coefficient (Wildman–Crippen LogP) is 2.88. The van der Waals surface area contributed by atoms with Crippen LogP contribution < -0.4 is 5.32 Å². The largest absolute Gasteiger partial charge is 0.389 e. The van der Waals surface area contributed by atoms with Crippen LogP contribution in [0.15, 0.2) is 24.3 Å². The number of likely N-dealkylation sites (tertiary alicyclic amines) is 1. The third-order valence-electron chi connectivity index (χ3n) is 6.45. The lowest BCUT2D eigenvalue weighted by Gasteiger charge is -2.44. The maximum atomic E-state index is 13.1. The summed E-state index contributed by atoms with van der Waals surface area (Å²) >= 11 is 5.93. The molecule has 0 aromatic heterocycles. The molecule has 0 radical (unpaired) electrons. The van der Waals surface area contributed by atoms with Gasteiger partial charge in [0.2, 0.25) is 5.91 Å². The Hall–Kier alpha value is -1.87. The number of carbonyl (C=O) groups excluding carboxylic acids is 2. The summed E-state index contributed by atoms with van der Waals surface area (Å²) in [6, 6.07) is 6.36. The van der Waals surface area contributed by atoms with Gasteiger partial charge in [0, 0.05) is 23.8 Å². The number of ether oxygens (including phenoxy) is 2. The van der Waals surface area contributed by atoms with Crippen molar-refractivity contribution < 1.29 is 24.2 Å². The van der Waals surface area contributed by atoms with Crippen molar-refractivity contribution in [2.24, 2.45) is 0 Å². The van der Waals surface area contributed by atoms with Gasteiger partial charge in [-0.05, 0) is 56.4 Å². The van der Waals surface area contributed by atoms with Crippen molar-refractivity contribution in [1.29, 1.82) is 0 Å². The Morgan fingerprint density at radius 1 is 1.09 bits per heavy atom. The summed E-state index contributed by atoms with van der Waals surface area (Å²) in [6.45, 7) is 2.23. The molecule has 1 aromatic carbocycles. The maximum absolute atomic E-state index is 13.1. The van der Waals surface area contributed by atoms with Gasteiger partial charge in [-0.3, -0.25) is 4.79 Å². The van der Waals surface area contributed by atoms with Crippen LogP contribution in [0.2, 0.25) is 5.02 Å². The Morgan fingerprint density at radius 2 is 1.84 bits per heavy atom. The number of aliphatic hydroxyl groups excluding tert-OH is 1. The van der Waals surface area contributed by atoms with Gasteiger partial charge in [-0.1, -0.05) is 11.6 Å². The number of β-amino-alcohol motifs (C(OH)–C–C–N with tert-alkyl or cyclic N) is 1. The lowest BCUT2D eigenvalue weighted by molar-refractivity contribution is -0.154. The van der Waals surface area contributed by atoms with Crippen molar-refractivity contribution in [3.63, 3.8) is 0 Å². The summed E-state index contributed by atoms with van der Waals surface area (Å²) < 4.78 is 11.9. The number of urea groups is 1. The highest BCUT2D eigenvalue weighted by molar-refractivity contribution is 6.30. The first kappa shape index (κ1) is 23.3. The molecule has 3 aliphatic rings. The van der Waals surface area contributed by atoms with Crippen LogP contribution in [0, 0.1) is 0 Å². The fourth-order valence-electron chi connectivity index (χ4n) is 4.77. The van der Waals surface area contributed by atoms with Gasteiger partial charge in [-0.15, -0.1) is 0 Å². The van der Waals surface area contributed by atoms with Crippen molar-refractivity contribution in [3.05, 3.63) is 29.3 Å². The van der Waals surface area contributed by atoms with Crippen LogP contribution in [0.25, 0.3) is 0 Å². The summed E-state index contributed by atoms with van der Waals surface area (Å²) in [5, 5.41) is 13.8. The molecule has 4 atom stereocenters. The van der Waals surface area contributed by atoms with Gasteiger partial charge in [0.25, 0.3) is 0 Å². The van der Waals surface area contributed by atoms with Gasteiger partial charge in [-0.25, -0.2) is 4.79 Å². The second-order valence-electron chi connectivity index (χ2n) is 8.87. The van der Waals surface area contributed by atoms with Crippen molar-refractivity contribution in [2.75, 3.05) is 38.2 Å². The second kappa shape index (κ2) is 10.8. The van der Waals surface area contributed by atoms with E-state index in [1.165, 1.54) is 6.42 Å². The Balaban J connectivity index is 1.40. The summed E-state index contributed by atoms with van der Waals surface area (Å²) in [7, 11) is 0. The summed E-state index contributed by atoms with van der Waals surface area (Å²) in [5.74, 6) is 0.146. The molecule has 2 N–H and O–H groups in total. The molecule has 3 saturated heterocycles. The highest BCUT2D eigenvalue weighted by atomic mass is 35.5. The minimum atomic E-state index is -0.773. The standard InChI is InChI=1S/C23H32ClN3O5/c24-16-4-6-17(7-5-16)25-23(30)27-13-18(28)14-31-15-21-20(27)9-8-19(32-21)12-22(29)26-10-2-1-3-11-26/h4-7,18-21,28H,1-3,8-15H2,(H,25,30)/t18-,19-,20-,21+/m0/s1. The van der Waals surface area contributed by atoms with Crippen molar-refractivity contribution in [3.8, 4) is 0 Å². The average Bonchev–Trinajstić information content (AvgIpc) is 2.79. The van der Waals surface area contributed by atoms with E-state index in [0.717, 1.165) is 25.9 Å². The number of nitrogens with zero attached hydrogens (tertiary/aromatic N) is 2. The molecule has 3 heterocycles. The van der Waals surface area contributed by atoms with Crippen molar-refractivity contribution >= 4 is 29.2 Å². The van der Waals surface area contributed by atoms with Gasteiger partial charge >= 0.3 is 6.03 Å². The van der Waals surface area contributed by atoms with E-state index < -0.39 is 6.10 Å². The Morgan fingerprint density at radius 3 is 2.59 bits per heavy atom. The lowest BCUT2D eigenvalue weighted by atomic mass is 9.94. The SMILES string of the molecule is O=C(C[C@@H]1CC[C@H]2[C@@H](COC[C@@H](O)CN2C(=O)Nc2ccc(Cl)cc2)O1)N1CCCCC1. The molecule has 0 unspecified atom stereocenters. The second-order valence-corrected chi connectivity index (χ2v) is 9.30. The zero-order valence-electron chi connectivity index (χ0n) is 18.2. The summed E-state index contributed by atoms with van der Waals surface area (Å²) in [5.41, 5.74) is 0.630. The first-order valence-corrected chi connectivity index (χ1v) is 11.9. The van der Waals surface area contributed by atoms with E-state index in [0.29, 0.717) is 30.0 Å². The number of carbonyl (C=O) groups is 2. The number of benzene rings is 1.